The minimum Gasteiger partial charge on any atom is -0.432 e. The van der Waals surface area contributed by atoms with Gasteiger partial charge < -0.3 is 9.32 Å². The van der Waals surface area contributed by atoms with Crippen molar-refractivity contribution in [1.29, 1.82) is 0 Å². The van der Waals surface area contributed by atoms with Crippen LogP contribution in [0.4, 0.5) is 10.4 Å². The van der Waals surface area contributed by atoms with E-state index in [0.29, 0.717) is 6.01 Å². The molecular weight excluding hydrogens is 269 g/mol. The zero-order chi connectivity index (χ0) is 14.4. The summed E-state index contributed by atoms with van der Waals surface area (Å²) in [6.45, 7) is 5.70. The molecule has 2 fully saturated rings. The van der Waals surface area contributed by atoms with Crippen LogP contribution in [0.2, 0.25) is 0 Å². The van der Waals surface area contributed by atoms with Crippen molar-refractivity contribution in [1.82, 2.24) is 9.88 Å². The van der Waals surface area contributed by atoms with Gasteiger partial charge in [-0.3, -0.25) is 4.90 Å². The summed E-state index contributed by atoms with van der Waals surface area (Å²) >= 11 is 0. The minimum absolute atomic E-state index is 0.0962. The van der Waals surface area contributed by atoms with Gasteiger partial charge in [-0.2, -0.15) is 0 Å². The highest BCUT2D eigenvalue weighted by Crippen LogP contribution is 2.38. The second-order valence-electron chi connectivity index (χ2n) is 5.91. The number of benzene rings is 1. The lowest BCUT2D eigenvalue weighted by molar-refractivity contribution is 0.303. The highest BCUT2D eigenvalue weighted by Gasteiger charge is 2.43. The lowest BCUT2D eigenvalue weighted by Gasteiger charge is -2.35. The molecule has 2 aliphatic heterocycles. The Morgan fingerprint density at radius 3 is 2.95 bits per heavy atom. The number of nitrogens with zero attached hydrogens (tertiary/aromatic N) is 3. The first-order valence-electron chi connectivity index (χ1n) is 7.37. The summed E-state index contributed by atoms with van der Waals surface area (Å²) in [5.74, 6) is 0.0710. The third-order valence-corrected chi connectivity index (χ3v) is 4.73. The molecule has 0 amide bonds. The van der Waals surface area contributed by atoms with Crippen molar-refractivity contribution in [2.75, 3.05) is 31.1 Å². The van der Waals surface area contributed by atoms with Crippen molar-refractivity contribution in [2.24, 2.45) is 0 Å². The van der Waals surface area contributed by atoms with E-state index in [2.05, 4.69) is 14.8 Å². The van der Waals surface area contributed by atoms with Crippen molar-refractivity contribution in [3.63, 3.8) is 0 Å². The molecule has 4 rings (SSSR count). The highest BCUT2D eigenvalue weighted by atomic mass is 19.1. The van der Waals surface area contributed by atoms with E-state index in [4.69, 9.17) is 4.42 Å². The fraction of sp³-hybridized carbons (Fsp3) is 0.438. The smallest absolute Gasteiger partial charge is 0.297 e. The van der Waals surface area contributed by atoms with Crippen molar-refractivity contribution in [2.45, 2.75) is 18.9 Å². The van der Waals surface area contributed by atoms with Crippen LogP contribution in [0, 0.1) is 12.7 Å². The van der Waals surface area contributed by atoms with Gasteiger partial charge in [-0.15, -0.1) is 0 Å². The molecule has 0 spiro atoms. The molecule has 5 heteroatoms. The van der Waals surface area contributed by atoms with Gasteiger partial charge in [0.2, 0.25) is 0 Å². The standard InChI is InChI=1S/C16H18FN3O/c1-11-3-2-4-13(17)15(11)12-9-19-6-7-20(14(12)10-19)16-18-5-8-21-16/h2-5,8,12,14H,6-7,9-10H2,1H3. The minimum atomic E-state index is -0.0962. The Kier molecular flexibility index (Phi) is 2.96. The van der Waals surface area contributed by atoms with Crippen LogP contribution in [-0.4, -0.2) is 42.1 Å². The maximum Gasteiger partial charge on any atom is 0.297 e. The van der Waals surface area contributed by atoms with Gasteiger partial charge in [-0.1, -0.05) is 12.1 Å². The number of aromatic nitrogens is 1. The molecule has 2 bridgehead atoms. The van der Waals surface area contributed by atoms with Gasteiger partial charge in [0.05, 0.1) is 12.2 Å². The predicted octanol–water partition coefficient (Wildman–Crippen LogP) is 2.41. The Morgan fingerprint density at radius 2 is 2.19 bits per heavy atom. The first-order chi connectivity index (χ1) is 10.2. The lowest BCUT2D eigenvalue weighted by atomic mass is 9.89. The number of hydrogen-bond acceptors (Lipinski definition) is 4. The summed E-state index contributed by atoms with van der Waals surface area (Å²) in [4.78, 5) is 8.87. The van der Waals surface area contributed by atoms with Gasteiger partial charge in [0.1, 0.15) is 12.1 Å². The summed E-state index contributed by atoms with van der Waals surface area (Å²) in [5, 5.41) is 0. The van der Waals surface area contributed by atoms with E-state index in [1.807, 2.05) is 13.0 Å². The molecule has 2 saturated heterocycles. The predicted molar refractivity (Wildman–Crippen MR) is 78.0 cm³/mol. The molecule has 4 nitrogen and oxygen atoms in total. The molecule has 2 aromatic rings. The second kappa shape index (κ2) is 4.84. The largest absolute Gasteiger partial charge is 0.432 e. The van der Waals surface area contributed by atoms with Crippen molar-refractivity contribution < 1.29 is 8.81 Å². The summed E-state index contributed by atoms with van der Waals surface area (Å²) in [6, 6.07) is 6.22. The van der Waals surface area contributed by atoms with Crippen molar-refractivity contribution >= 4 is 6.01 Å². The zero-order valence-corrected chi connectivity index (χ0v) is 12.0. The monoisotopic (exact) mass is 287 g/mol. The number of fused-ring (bicyclic) bond motifs is 2. The van der Waals surface area contributed by atoms with Crippen molar-refractivity contribution in [3.8, 4) is 0 Å². The molecule has 0 N–H and O–H groups in total. The van der Waals surface area contributed by atoms with Gasteiger partial charge in [0.15, 0.2) is 0 Å². The van der Waals surface area contributed by atoms with Gasteiger partial charge >= 0.3 is 0 Å². The molecule has 2 aliphatic rings. The van der Waals surface area contributed by atoms with Crippen LogP contribution in [0.1, 0.15) is 17.0 Å². The molecule has 0 aliphatic carbocycles. The van der Waals surface area contributed by atoms with Crippen LogP contribution in [0.5, 0.6) is 0 Å². The van der Waals surface area contributed by atoms with Crippen LogP contribution in [-0.2, 0) is 0 Å². The van der Waals surface area contributed by atoms with Gasteiger partial charge in [0.25, 0.3) is 6.01 Å². The molecule has 110 valence electrons. The third kappa shape index (κ3) is 2.03. The van der Waals surface area contributed by atoms with Crippen LogP contribution in [0.25, 0.3) is 0 Å². The van der Waals surface area contributed by atoms with Crippen LogP contribution < -0.4 is 4.90 Å². The highest BCUT2D eigenvalue weighted by molar-refractivity contribution is 5.40. The number of anilines is 1. The fourth-order valence-corrected chi connectivity index (χ4v) is 3.77. The van der Waals surface area contributed by atoms with Gasteiger partial charge in [-0.05, 0) is 24.1 Å². The fourth-order valence-electron chi connectivity index (χ4n) is 3.77. The second-order valence-corrected chi connectivity index (χ2v) is 5.91. The third-order valence-electron chi connectivity index (χ3n) is 4.73. The molecule has 3 heterocycles. The van der Waals surface area contributed by atoms with Crippen LogP contribution in [0.3, 0.4) is 0 Å². The van der Waals surface area contributed by atoms with E-state index in [-0.39, 0.29) is 17.8 Å². The Balaban J connectivity index is 1.73. The Morgan fingerprint density at radius 1 is 1.29 bits per heavy atom. The summed E-state index contributed by atoms with van der Waals surface area (Å²) in [5.41, 5.74) is 1.88. The lowest BCUT2D eigenvalue weighted by Crippen LogP contribution is -2.48. The number of hydrogen-bond donors (Lipinski definition) is 0. The van der Waals surface area contributed by atoms with Crippen molar-refractivity contribution in [3.05, 3.63) is 47.6 Å². The maximum atomic E-state index is 14.4. The molecule has 1 aromatic carbocycles. The number of aryl methyl sites for hydroxylation is 1. The molecular formula is C16H18FN3O. The van der Waals surface area contributed by atoms with Crippen LogP contribution in [0.15, 0.2) is 35.1 Å². The van der Waals surface area contributed by atoms with Gasteiger partial charge in [-0.25, -0.2) is 9.37 Å². The van der Waals surface area contributed by atoms with E-state index in [1.54, 1.807) is 24.6 Å². The van der Waals surface area contributed by atoms with E-state index in [1.165, 1.54) is 0 Å². The number of halogens is 1. The van der Waals surface area contributed by atoms with E-state index >= 15 is 0 Å². The molecule has 0 radical (unpaired) electrons. The SMILES string of the molecule is Cc1cccc(F)c1C1C[N@]2CCN(c3ncco3)C1C2. The molecule has 1 aromatic heterocycles. The molecule has 2 unspecified atom stereocenters. The topological polar surface area (TPSA) is 32.5 Å². The molecule has 21 heavy (non-hydrogen) atoms. The summed E-state index contributed by atoms with van der Waals surface area (Å²) in [6.07, 6.45) is 3.26. The average Bonchev–Trinajstić information content (AvgIpc) is 3.09. The van der Waals surface area contributed by atoms with E-state index in [9.17, 15) is 4.39 Å². The first-order valence-corrected chi connectivity index (χ1v) is 7.37. The summed E-state index contributed by atoms with van der Waals surface area (Å²) < 4.78 is 19.8. The Hall–Kier alpha value is -1.88. The average molecular weight is 287 g/mol. The van der Waals surface area contributed by atoms with E-state index in [0.717, 1.165) is 37.3 Å². The summed E-state index contributed by atoms with van der Waals surface area (Å²) in [7, 11) is 0. The number of piperazine rings is 1. The normalized spacial score (nSPS) is 28.1. The Labute approximate surface area is 123 Å². The number of rotatable bonds is 2. The zero-order valence-electron chi connectivity index (χ0n) is 12.0. The van der Waals surface area contributed by atoms with E-state index < -0.39 is 0 Å². The first kappa shape index (κ1) is 12.8. The molecule has 3 atom stereocenters. The van der Waals surface area contributed by atoms with Gasteiger partial charge in [0, 0.05) is 32.1 Å². The molecule has 0 saturated carbocycles. The quantitative estimate of drug-likeness (QED) is 0.849. The maximum absolute atomic E-state index is 14.4. The Bertz CT molecular complexity index is 623. The number of oxazole rings is 1. The van der Waals surface area contributed by atoms with Crippen LogP contribution >= 0.6 is 0 Å².